The molecule has 24 heavy (non-hydrogen) atoms. The second kappa shape index (κ2) is 9.54. The van der Waals surface area contributed by atoms with E-state index in [9.17, 15) is 13.2 Å². The first kappa shape index (κ1) is 20.3. The molecule has 1 rings (SSSR count). The van der Waals surface area contributed by atoms with E-state index in [2.05, 4.69) is 24.4 Å². The van der Waals surface area contributed by atoms with Crippen LogP contribution in [0.3, 0.4) is 0 Å². The van der Waals surface area contributed by atoms with Crippen molar-refractivity contribution < 1.29 is 13.2 Å². The van der Waals surface area contributed by atoms with E-state index >= 15 is 0 Å². The van der Waals surface area contributed by atoms with Crippen molar-refractivity contribution in [2.75, 3.05) is 13.1 Å². The van der Waals surface area contributed by atoms with Crippen LogP contribution in [0, 0.1) is 5.92 Å². The Balaban J connectivity index is 2.94. The third-order valence-corrected chi connectivity index (χ3v) is 5.99. The minimum absolute atomic E-state index is 0.114. The van der Waals surface area contributed by atoms with Gasteiger partial charge in [-0.25, -0.2) is 13.8 Å². The predicted octanol–water partition coefficient (Wildman–Crippen LogP) is 2.87. The lowest BCUT2D eigenvalue weighted by atomic mass is 10.1. The Labute approximate surface area is 145 Å². The molecule has 1 N–H and O–H groups in total. The van der Waals surface area contributed by atoms with E-state index in [1.165, 1.54) is 16.4 Å². The van der Waals surface area contributed by atoms with Gasteiger partial charge in [-0.2, -0.15) is 9.41 Å². The molecule has 0 fully saturated rings. The molecule has 6 nitrogen and oxygen atoms in total. The lowest BCUT2D eigenvalue weighted by molar-refractivity contribution is 0.0954. The zero-order chi connectivity index (χ0) is 18.2. The minimum atomic E-state index is -3.58. The highest BCUT2D eigenvalue weighted by Gasteiger charge is 2.22. The monoisotopic (exact) mass is 353 g/mol. The van der Waals surface area contributed by atoms with Crippen LogP contribution in [-0.2, 0) is 10.0 Å². The van der Waals surface area contributed by atoms with Crippen molar-refractivity contribution in [3.63, 3.8) is 0 Å². The fourth-order valence-electron chi connectivity index (χ4n) is 2.28. The molecule has 0 saturated carbocycles. The zero-order valence-electron chi connectivity index (χ0n) is 14.8. The molecule has 0 atom stereocenters. The second-order valence-corrected chi connectivity index (χ2v) is 7.35. The number of nitrogens with one attached hydrogen (secondary N) is 1. The maximum atomic E-state index is 12.5. The molecule has 0 heterocycles. The van der Waals surface area contributed by atoms with Gasteiger partial charge in [-0.05, 0) is 37.0 Å². The van der Waals surface area contributed by atoms with Crippen molar-refractivity contribution in [1.82, 2.24) is 9.73 Å². The minimum Gasteiger partial charge on any atom is -0.267 e. The highest BCUT2D eigenvalue weighted by molar-refractivity contribution is 7.89. The smallest absolute Gasteiger partial charge is 0.267 e. The van der Waals surface area contributed by atoms with Crippen LogP contribution >= 0.6 is 0 Å². The molecule has 0 aromatic heterocycles. The van der Waals surface area contributed by atoms with Gasteiger partial charge < -0.3 is 0 Å². The van der Waals surface area contributed by atoms with Crippen LogP contribution < -0.4 is 5.43 Å². The second-order valence-electron chi connectivity index (χ2n) is 5.41. The van der Waals surface area contributed by atoms with Crippen LogP contribution in [0.25, 0.3) is 0 Å². The molecule has 134 valence electrons. The fraction of sp³-hybridized carbons (Fsp3) is 0.529. The molecule has 0 unspecified atom stereocenters. The van der Waals surface area contributed by atoms with Crippen molar-refractivity contribution >= 4 is 22.1 Å². The third-order valence-electron chi connectivity index (χ3n) is 3.94. The molecule has 1 amide bonds. The zero-order valence-corrected chi connectivity index (χ0v) is 15.6. The Bertz CT molecular complexity index is 663. The van der Waals surface area contributed by atoms with E-state index in [0.29, 0.717) is 19.0 Å². The quantitative estimate of drug-likeness (QED) is 0.548. The van der Waals surface area contributed by atoms with Crippen molar-refractivity contribution in [3.05, 3.63) is 29.8 Å². The first-order chi connectivity index (χ1) is 11.4. The number of hydrogen-bond donors (Lipinski definition) is 1. The van der Waals surface area contributed by atoms with E-state index in [4.69, 9.17) is 0 Å². The van der Waals surface area contributed by atoms with Gasteiger partial charge in [-0.15, -0.1) is 0 Å². The van der Waals surface area contributed by atoms with Gasteiger partial charge in [-0.1, -0.05) is 33.8 Å². The first-order valence-electron chi connectivity index (χ1n) is 8.34. The Morgan fingerprint density at radius 1 is 1.21 bits per heavy atom. The van der Waals surface area contributed by atoms with E-state index in [1.807, 2.05) is 0 Å². The van der Waals surface area contributed by atoms with Crippen LogP contribution in [0.4, 0.5) is 0 Å². The first-order valence-corrected chi connectivity index (χ1v) is 9.78. The molecule has 0 spiro atoms. The number of benzene rings is 1. The largest absolute Gasteiger partial charge is 0.271 e. The number of nitrogens with zero attached hydrogens (tertiary/aromatic N) is 2. The molecule has 0 bridgehead atoms. The lowest BCUT2D eigenvalue weighted by Crippen LogP contribution is -2.30. The summed E-state index contributed by atoms with van der Waals surface area (Å²) < 4.78 is 26.4. The van der Waals surface area contributed by atoms with Gasteiger partial charge in [0.2, 0.25) is 10.0 Å². The Morgan fingerprint density at radius 2 is 1.83 bits per heavy atom. The van der Waals surface area contributed by atoms with Gasteiger partial charge in [0.1, 0.15) is 0 Å². The number of sulfonamides is 1. The maximum absolute atomic E-state index is 12.5. The third kappa shape index (κ3) is 5.14. The topological polar surface area (TPSA) is 78.8 Å². The SMILES string of the molecule is CCC(C=NNC(=O)c1cccc(S(=O)(=O)N(CC)CC)c1)CC. The summed E-state index contributed by atoms with van der Waals surface area (Å²) in [7, 11) is -3.58. The number of hydrogen-bond acceptors (Lipinski definition) is 4. The number of carbonyl (C=O) groups is 1. The highest BCUT2D eigenvalue weighted by Crippen LogP contribution is 2.17. The molecule has 1 aromatic carbocycles. The van der Waals surface area contributed by atoms with Gasteiger partial charge in [0, 0.05) is 24.9 Å². The van der Waals surface area contributed by atoms with Crippen LogP contribution in [0.1, 0.15) is 50.9 Å². The molecule has 7 heteroatoms. The van der Waals surface area contributed by atoms with Crippen LogP contribution in [0.15, 0.2) is 34.3 Å². The van der Waals surface area contributed by atoms with Crippen molar-refractivity contribution in [2.45, 2.75) is 45.4 Å². The maximum Gasteiger partial charge on any atom is 0.271 e. The van der Waals surface area contributed by atoms with Crippen LogP contribution in [0.2, 0.25) is 0 Å². The van der Waals surface area contributed by atoms with E-state index in [1.54, 1.807) is 32.2 Å². The average Bonchev–Trinajstić information content (AvgIpc) is 2.59. The molecule has 0 aliphatic carbocycles. The van der Waals surface area contributed by atoms with Gasteiger partial charge in [0.15, 0.2) is 0 Å². The molecule has 0 radical (unpaired) electrons. The van der Waals surface area contributed by atoms with Crippen molar-refractivity contribution in [3.8, 4) is 0 Å². The van der Waals surface area contributed by atoms with Crippen molar-refractivity contribution in [1.29, 1.82) is 0 Å². The van der Waals surface area contributed by atoms with Gasteiger partial charge in [0.25, 0.3) is 5.91 Å². The number of rotatable bonds is 9. The molecular formula is C17H27N3O3S. The van der Waals surface area contributed by atoms with Gasteiger partial charge in [-0.3, -0.25) is 4.79 Å². The Morgan fingerprint density at radius 3 is 2.38 bits per heavy atom. The van der Waals surface area contributed by atoms with Gasteiger partial charge in [0.05, 0.1) is 4.90 Å². The van der Waals surface area contributed by atoms with E-state index < -0.39 is 15.9 Å². The summed E-state index contributed by atoms with van der Waals surface area (Å²) in [6, 6.07) is 6.02. The average molecular weight is 353 g/mol. The molecule has 0 aliphatic heterocycles. The number of carbonyl (C=O) groups excluding carboxylic acids is 1. The molecule has 1 aromatic rings. The van der Waals surface area contributed by atoms with Crippen LogP contribution in [0.5, 0.6) is 0 Å². The summed E-state index contributed by atoms with van der Waals surface area (Å²) in [5, 5.41) is 3.96. The summed E-state index contributed by atoms with van der Waals surface area (Å²) in [6.45, 7) is 8.45. The highest BCUT2D eigenvalue weighted by atomic mass is 32.2. The molecule has 0 aliphatic rings. The Kier molecular flexibility index (Phi) is 8.07. The normalized spacial score (nSPS) is 12.2. The fourth-order valence-corrected chi connectivity index (χ4v) is 3.78. The molecule has 0 saturated heterocycles. The van der Waals surface area contributed by atoms with Crippen molar-refractivity contribution in [2.24, 2.45) is 11.0 Å². The predicted molar refractivity (Wildman–Crippen MR) is 96.6 cm³/mol. The number of amides is 1. The summed E-state index contributed by atoms with van der Waals surface area (Å²) in [4.78, 5) is 12.3. The summed E-state index contributed by atoms with van der Waals surface area (Å²) in [5.41, 5.74) is 2.72. The van der Waals surface area contributed by atoms with E-state index in [-0.39, 0.29) is 10.5 Å². The lowest BCUT2D eigenvalue weighted by Gasteiger charge is -2.18. The van der Waals surface area contributed by atoms with Gasteiger partial charge >= 0.3 is 0 Å². The summed E-state index contributed by atoms with van der Waals surface area (Å²) in [5.74, 6) is -0.103. The van der Waals surface area contributed by atoms with E-state index in [0.717, 1.165) is 12.8 Å². The Hall–Kier alpha value is -1.73. The van der Waals surface area contributed by atoms with Crippen LogP contribution in [-0.4, -0.2) is 37.9 Å². The summed E-state index contributed by atoms with van der Waals surface area (Å²) >= 11 is 0. The number of hydrazone groups is 1. The standard InChI is InChI=1S/C17H27N3O3S/c1-5-14(6-2)13-18-19-17(21)15-10-9-11-16(12-15)24(22,23)20(7-3)8-4/h9-14H,5-8H2,1-4H3,(H,19,21). The summed E-state index contributed by atoms with van der Waals surface area (Å²) in [6.07, 6.45) is 3.62. The molecular weight excluding hydrogens is 326 g/mol.